The van der Waals surface area contributed by atoms with Gasteiger partial charge in [-0.05, 0) is 0 Å². The van der Waals surface area contributed by atoms with Crippen molar-refractivity contribution in [2.75, 3.05) is 33.9 Å². The van der Waals surface area contributed by atoms with Crippen LogP contribution in [0.4, 0.5) is 0 Å². The number of nitrogens with one attached hydrogen (secondary N) is 4. The molecule has 7 N–H and O–H groups in total. The summed E-state index contributed by atoms with van der Waals surface area (Å²) in [4.78, 5) is 7.48. The third-order valence-corrected chi connectivity index (χ3v) is 1.43. The summed E-state index contributed by atoms with van der Waals surface area (Å²) >= 11 is 0. The van der Waals surface area contributed by atoms with E-state index in [4.69, 9.17) is 15.3 Å². The van der Waals surface area contributed by atoms with Gasteiger partial charge < -0.3 is 26.0 Å². The van der Waals surface area contributed by atoms with E-state index in [2.05, 4.69) is 31.3 Å². The van der Waals surface area contributed by atoms with Gasteiger partial charge in [-0.3, -0.25) is 15.6 Å². The normalized spacial score (nSPS) is 12.5. The van der Waals surface area contributed by atoms with E-state index in [1.54, 1.807) is 0 Å². The summed E-state index contributed by atoms with van der Waals surface area (Å²) in [5.41, 5.74) is 0. The summed E-state index contributed by atoms with van der Waals surface area (Å²) in [6, 6.07) is 0. The summed E-state index contributed by atoms with van der Waals surface area (Å²) in [6.07, 6.45) is 0. The van der Waals surface area contributed by atoms with E-state index < -0.39 is 6.73 Å². The molecule has 9 nitrogen and oxygen atoms in total. The summed E-state index contributed by atoms with van der Waals surface area (Å²) in [5, 5.41) is 36.4. The summed E-state index contributed by atoms with van der Waals surface area (Å²) < 4.78 is 0. The highest BCUT2D eigenvalue weighted by Crippen LogP contribution is 1.72. The highest BCUT2D eigenvalue weighted by molar-refractivity contribution is 5.98. The molecule has 0 aromatic rings. The lowest BCUT2D eigenvalue weighted by Gasteiger charge is -2.13. The number of hydrogen-bond donors (Lipinski definition) is 7. The zero-order valence-corrected chi connectivity index (χ0v) is 9.06. The molecule has 0 radical (unpaired) electrons. The number of nitrogens with zero attached hydrogens (tertiary/aromatic N) is 2. The fraction of sp³-hybridized carbons (Fsp3) is 0.714. The molecule has 0 bridgehead atoms. The minimum Gasteiger partial charge on any atom is -0.381 e. The molecule has 0 rings (SSSR count). The summed E-state index contributed by atoms with van der Waals surface area (Å²) in [5.74, 6) is 0.552. The van der Waals surface area contributed by atoms with Crippen molar-refractivity contribution in [1.82, 2.24) is 21.3 Å². The molecule has 0 heterocycles. The van der Waals surface area contributed by atoms with Crippen molar-refractivity contribution in [2.24, 2.45) is 9.98 Å². The van der Waals surface area contributed by atoms with Crippen LogP contribution in [0.15, 0.2) is 9.98 Å². The van der Waals surface area contributed by atoms with Gasteiger partial charge in [-0.2, -0.15) is 0 Å². The van der Waals surface area contributed by atoms with Crippen molar-refractivity contribution in [3.63, 3.8) is 0 Å². The quantitative estimate of drug-likeness (QED) is 0.113. The van der Waals surface area contributed by atoms with Crippen LogP contribution in [0.3, 0.4) is 0 Å². The molecule has 0 amide bonds. The molecular formula is C7H18N6O3. The highest BCUT2D eigenvalue weighted by Gasteiger charge is 2.01. The van der Waals surface area contributed by atoms with E-state index in [1.807, 2.05) is 0 Å². The zero-order chi connectivity index (χ0) is 12.2. The first kappa shape index (κ1) is 14.6. The van der Waals surface area contributed by atoms with E-state index in [1.165, 1.54) is 7.05 Å². The number of guanidine groups is 2. The zero-order valence-electron chi connectivity index (χ0n) is 9.06. The summed E-state index contributed by atoms with van der Waals surface area (Å²) in [7, 11) is 1.52. The van der Waals surface area contributed by atoms with E-state index in [9.17, 15) is 0 Å². The van der Waals surface area contributed by atoms with E-state index in [0.717, 1.165) is 0 Å². The average molecular weight is 234 g/mol. The number of aliphatic hydroxyl groups excluding tert-OH is 3. The lowest BCUT2D eigenvalue weighted by Crippen LogP contribution is -2.49. The van der Waals surface area contributed by atoms with Crippen LogP contribution in [0.25, 0.3) is 0 Å². The Morgan fingerprint density at radius 3 is 2.31 bits per heavy atom. The van der Waals surface area contributed by atoms with Crippen LogP contribution in [0.2, 0.25) is 0 Å². The first-order chi connectivity index (χ1) is 7.78. The molecular weight excluding hydrogens is 216 g/mol. The molecule has 0 atom stereocenters. The monoisotopic (exact) mass is 234 g/mol. The van der Waals surface area contributed by atoms with Gasteiger partial charge in [-0.1, -0.05) is 0 Å². The second-order valence-corrected chi connectivity index (χ2v) is 2.44. The Morgan fingerprint density at radius 2 is 1.81 bits per heavy atom. The SMILES string of the molecule is CN=C(NCO)NC(=NCO)NCNCO. The molecule has 94 valence electrons. The molecule has 0 aromatic carbocycles. The minimum absolute atomic E-state index is 0.178. The molecule has 0 aliphatic rings. The Hall–Kier alpha value is -1.42. The van der Waals surface area contributed by atoms with Gasteiger partial charge in [0.2, 0.25) is 5.96 Å². The van der Waals surface area contributed by atoms with Crippen LogP contribution >= 0.6 is 0 Å². The Kier molecular flexibility index (Phi) is 9.21. The van der Waals surface area contributed by atoms with Gasteiger partial charge in [-0.15, -0.1) is 0 Å². The van der Waals surface area contributed by atoms with Gasteiger partial charge in [0, 0.05) is 7.05 Å². The smallest absolute Gasteiger partial charge is 0.201 e. The predicted octanol–water partition coefficient (Wildman–Crippen LogP) is -3.51. The third kappa shape index (κ3) is 6.95. The molecule has 0 spiro atoms. The van der Waals surface area contributed by atoms with Crippen molar-refractivity contribution in [1.29, 1.82) is 0 Å². The number of aliphatic hydroxyl groups is 3. The Morgan fingerprint density at radius 1 is 1.06 bits per heavy atom. The van der Waals surface area contributed by atoms with Crippen LogP contribution in [0, 0.1) is 0 Å². The number of rotatable bonds is 5. The van der Waals surface area contributed by atoms with E-state index in [0.29, 0.717) is 5.96 Å². The summed E-state index contributed by atoms with van der Waals surface area (Å²) in [6.45, 7) is -0.590. The van der Waals surface area contributed by atoms with Crippen LogP contribution < -0.4 is 21.3 Å². The largest absolute Gasteiger partial charge is 0.381 e. The topological polar surface area (TPSA) is 134 Å². The Bertz CT molecular complexity index is 232. The molecule has 0 fully saturated rings. The number of hydrogen-bond acceptors (Lipinski definition) is 6. The van der Waals surface area contributed by atoms with Crippen LogP contribution in [0.5, 0.6) is 0 Å². The van der Waals surface area contributed by atoms with Crippen molar-refractivity contribution in [3.8, 4) is 0 Å². The Labute approximate surface area is 93.3 Å². The maximum Gasteiger partial charge on any atom is 0.201 e. The van der Waals surface area contributed by atoms with Crippen molar-refractivity contribution in [3.05, 3.63) is 0 Å². The number of aliphatic imine (C=N–C) groups is 2. The van der Waals surface area contributed by atoms with Gasteiger partial charge in [-0.25, -0.2) is 4.99 Å². The molecule has 0 saturated carbocycles. The standard InChI is InChI=1S/C7H18N6O3/c1-8-6(11-4-15)13-7(12-5-16)10-2-9-3-14/h9,14-16H,2-5H2,1H3,(H3,8,10,11,12,13). The maximum absolute atomic E-state index is 8.66. The lowest BCUT2D eigenvalue weighted by molar-refractivity contribution is 0.260. The van der Waals surface area contributed by atoms with Crippen molar-refractivity contribution in [2.45, 2.75) is 0 Å². The fourth-order valence-electron chi connectivity index (χ4n) is 0.779. The van der Waals surface area contributed by atoms with Gasteiger partial charge in [0.25, 0.3) is 0 Å². The predicted molar refractivity (Wildman–Crippen MR) is 59.5 cm³/mol. The molecule has 0 aliphatic carbocycles. The Balaban J connectivity index is 4.16. The highest BCUT2D eigenvalue weighted by atomic mass is 16.3. The maximum atomic E-state index is 8.66. The third-order valence-electron chi connectivity index (χ3n) is 1.43. The molecule has 16 heavy (non-hydrogen) atoms. The van der Waals surface area contributed by atoms with Crippen molar-refractivity contribution < 1.29 is 15.3 Å². The molecule has 0 saturated heterocycles. The van der Waals surface area contributed by atoms with Crippen LogP contribution in [-0.2, 0) is 0 Å². The molecule has 0 aromatic heterocycles. The lowest BCUT2D eigenvalue weighted by atomic mass is 10.7. The molecule has 9 heteroatoms. The molecule has 0 aliphatic heterocycles. The van der Waals surface area contributed by atoms with Crippen LogP contribution in [0.1, 0.15) is 0 Å². The van der Waals surface area contributed by atoms with Gasteiger partial charge in [0.1, 0.15) is 13.5 Å². The first-order valence-corrected chi connectivity index (χ1v) is 4.57. The first-order valence-electron chi connectivity index (χ1n) is 4.57. The van der Waals surface area contributed by atoms with Gasteiger partial charge in [0.05, 0.1) is 13.4 Å². The van der Waals surface area contributed by atoms with Crippen LogP contribution in [-0.4, -0.2) is 61.1 Å². The van der Waals surface area contributed by atoms with Gasteiger partial charge >= 0.3 is 0 Å². The minimum atomic E-state index is -0.398. The fourth-order valence-corrected chi connectivity index (χ4v) is 0.779. The second kappa shape index (κ2) is 10.1. The van der Waals surface area contributed by atoms with E-state index in [-0.39, 0.29) is 26.1 Å². The molecule has 0 unspecified atom stereocenters. The van der Waals surface area contributed by atoms with Crippen molar-refractivity contribution >= 4 is 11.9 Å². The van der Waals surface area contributed by atoms with E-state index >= 15 is 0 Å². The van der Waals surface area contributed by atoms with Gasteiger partial charge in [0.15, 0.2) is 5.96 Å². The second-order valence-electron chi connectivity index (χ2n) is 2.44. The average Bonchev–Trinajstić information content (AvgIpc) is 2.29.